The highest BCUT2D eigenvalue weighted by Crippen LogP contribution is 2.35. The zero-order chi connectivity index (χ0) is 9.14. The maximum atomic E-state index is 10.7. The summed E-state index contributed by atoms with van der Waals surface area (Å²) in [4.78, 5) is 22.6. The summed E-state index contributed by atoms with van der Waals surface area (Å²) in [7, 11) is 0. The second-order valence-electron chi connectivity index (χ2n) is 3.06. The number of carboxylic acids is 1. The van der Waals surface area contributed by atoms with E-state index >= 15 is 0 Å². The molecular weight excluding hydrogens is 158 g/mol. The number of amides is 1. The van der Waals surface area contributed by atoms with E-state index in [1.165, 1.54) is 4.90 Å². The molecule has 4 nitrogen and oxygen atoms in total. The van der Waals surface area contributed by atoms with E-state index in [1.807, 2.05) is 0 Å². The molecular formula is C8H13NO3. The summed E-state index contributed by atoms with van der Waals surface area (Å²) in [6.45, 7) is 2.25. The van der Waals surface area contributed by atoms with Crippen LogP contribution in [-0.2, 0) is 9.59 Å². The third kappa shape index (κ3) is 1.75. The maximum absolute atomic E-state index is 10.7. The summed E-state index contributed by atoms with van der Waals surface area (Å²) in [5.74, 6) is -0.695. The Bertz CT molecular complexity index is 189. The molecule has 12 heavy (non-hydrogen) atoms. The average Bonchev–Trinajstić information content (AvgIpc) is 2.82. The summed E-state index contributed by atoms with van der Waals surface area (Å²) >= 11 is 0. The molecule has 1 atom stereocenters. The van der Waals surface area contributed by atoms with Gasteiger partial charge in [0.2, 0.25) is 6.41 Å². The molecule has 1 saturated carbocycles. The summed E-state index contributed by atoms with van der Waals surface area (Å²) in [6, 6.07) is -0.590. The zero-order valence-corrected chi connectivity index (χ0v) is 7.06. The number of nitrogens with zero attached hydrogens (tertiary/aromatic N) is 1. The van der Waals surface area contributed by atoms with Gasteiger partial charge in [-0.25, -0.2) is 4.79 Å². The van der Waals surface area contributed by atoms with Crippen LogP contribution in [0.2, 0.25) is 0 Å². The van der Waals surface area contributed by atoms with Gasteiger partial charge >= 0.3 is 5.97 Å². The number of hydrogen-bond acceptors (Lipinski definition) is 2. The number of hydrogen-bond donors (Lipinski definition) is 1. The van der Waals surface area contributed by atoms with E-state index < -0.39 is 12.0 Å². The molecule has 0 spiro atoms. The quantitative estimate of drug-likeness (QED) is 0.606. The van der Waals surface area contributed by atoms with Crippen LogP contribution >= 0.6 is 0 Å². The third-order valence-electron chi connectivity index (χ3n) is 2.18. The molecule has 1 fully saturated rings. The summed E-state index contributed by atoms with van der Waals surface area (Å²) < 4.78 is 0. The van der Waals surface area contributed by atoms with Crippen molar-refractivity contribution in [2.45, 2.75) is 25.8 Å². The molecule has 0 aromatic rings. The van der Waals surface area contributed by atoms with Crippen molar-refractivity contribution in [2.75, 3.05) is 6.54 Å². The molecule has 0 bridgehead atoms. The van der Waals surface area contributed by atoms with Crippen LogP contribution in [0, 0.1) is 5.92 Å². The van der Waals surface area contributed by atoms with E-state index in [1.54, 1.807) is 6.92 Å². The third-order valence-corrected chi connectivity index (χ3v) is 2.18. The van der Waals surface area contributed by atoms with Crippen LogP contribution in [0.1, 0.15) is 19.8 Å². The van der Waals surface area contributed by atoms with Gasteiger partial charge in [-0.3, -0.25) is 4.79 Å². The van der Waals surface area contributed by atoms with E-state index in [0.717, 1.165) is 12.8 Å². The molecule has 1 rings (SSSR count). The number of carbonyl (C=O) groups excluding carboxylic acids is 1. The number of carboxylic acid groups (broad SMARTS) is 1. The Kier molecular flexibility index (Phi) is 2.68. The summed E-state index contributed by atoms with van der Waals surface area (Å²) in [5, 5.41) is 8.82. The Labute approximate surface area is 71.2 Å². The van der Waals surface area contributed by atoms with Crippen LogP contribution in [0.3, 0.4) is 0 Å². The van der Waals surface area contributed by atoms with Crippen LogP contribution in [0.4, 0.5) is 0 Å². The van der Waals surface area contributed by atoms with Gasteiger partial charge in [0, 0.05) is 6.54 Å². The minimum Gasteiger partial charge on any atom is -0.480 e. The fourth-order valence-corrected chi connectivity index (χ4v) is 1.36. The number of carbonyl (C=O) groups is 2. The Morgan fingerprint density at radius 1 is 1.75 bits per heavy atom. The molecule has 4 heteroatoms. The van der Waals surface area contributed by atoms with Crippen molar-refractivity contribution >= 4 is 12.4 Å². The predicted molar refractivity (Wildman–Crippen MR) is 42.6 cm³/mol. The van der Waals surface area contributed by atoms with Crippen molar-refractivity contribution in [1.82, 2.24) is 4.90 Å². The highest BCUT2D eigenvalue weighted by molar-refractivity contribution is 5.77. The second-order valence-corrected chi connectivity index (χ2v) is 3.06. The van der Waals surface area contributed by atoms with Crippen LogP contribution in [0.5, 0.6) is 0 Å². The minimum atomic E-state index is -0.883. The first-order chi connectivity index (χ1) is 5.70. The van der Waals surface area contributed by atoms with Crippen molar-refractivity contribution in [3.05, 3.63) is 0 Å². The van der Waals surface area contributed by atoms with Crippen molar-refractivity contribution in [1.29, 1.82) is 0 Å². The predicted octanol–water partition coefficient (Wildman–Crippen LogP) is 0.328. The molecule has 0 heterocycles. The fourth-order valence-electron chi connectivity index (χ4n) is 1.36. The number of likely N-dealkylation sites (N-methyl/N-ethyl adjacent to an activating group) is 1. The molecule has 68 valence electrons. The van der Waals surface area contributed by atoms with Crippen molar-refractivity contribution in [2.24, 2.45) is 5.92 Å². The van der Waals surface area contributed by atoms with Crippen molar-refractivity contribution in [3.8, 4) is 0 Å². The van der Waals surface area contributed by atoms with E-state index in [4.69, 9.17) is 5.11 Å². The molecule has 0 aliphatic heterocycles. The van der Waals surface area contributed by atoms with E-state index in [-0.39, 0.29) is 5.92 Å². The molecule has 1 unspecified atom stereocenters. The molecule has 0 saturated heterocycles. The Balaban J connectivity index is 2.61. The van der Waals surface area contributed by atoms with Gasteiger partial charge < -0.3 is 10.0 Å². The van der Waals surface area contributed by atoms with Gasteiger partial charge in [-0.05, 0) is 25.7 Å². The zero-order valence-electron chi connectivity index (χ0n) is 7.06. The topological polar surface area (TPSA) is 57.6 Å². The van der Waals surface area contributed by atoms with Crippen LogP contribution in [0.25, 0.3) is 0 Å². The Morgan fingerprint density at radius 2 is 2.33 bits per heavy atom. The summed E-state index contributed by atoms with van der Waals surface area (Å²) in [6.07, 6.45) is 2.49. The molecule has 1 aliphatic carbocycles. The standard InChI is InChI=1S/C8H13NO3/c1-2-9(5-10)7(8(11)12)6-3-4-6/h5-7H,2-4H2,1H3,(H,11,12). The first kappa shape index (κ1) is 9.03. The van der Waals surface area contributed by atoms with E-state index in [0.29, 0.717) is 13.0 Å². The van der Waals surface area contributed by atoms with Gasteiger partial charge in [0.1, 0.15) is 6.04 Å². The fraction of sp³-hybridized carbons (Fsp3) is 0.750. The Morgan fingerprint density at radius 3 is 2.58 bits per heavy atom. The molecule has 0 radical (unpaired) electrons. The van der Waals surface area contributed by atoms with Crippen molar-refractivity contribution < 1.29 is 14.7 Å². The van der Waals surface area contributed by atoms with Gasteiger partial charge in [0.05, 0.1) is 0 Å². The summed E-state index contributed by atoms with van der Waals surface area (Å²) in [5.41, 5.74) is 0. The van der Waals surface area contributed by atoms with Crippen LogP contribution in [0.15, 0.2) is 0 Å². The molecule has 0 aromatic carbocycles. The highest BCUT2D eigenvalue weighted by atomic mass is 16.4. The lowest BCUT2D eigenvalue weighted by atomic mass is 10.1. The maximum Gasteiger partial charge on any atom is 0.326 e. The number of aliphatic carboxylic acids is 1. The van der Waals surface area contributed by atoms with Gasteiger partial charge in [0.15, 0.2) is 0 Å². The van der Waals surface area contributed by atoms with Gasteiger partial charge in [-0.2, -0.15) is 0 Å². The minimum absolute atomic E-state index is 0.188. The van der Waals surface area contributed by atoms with Gasteiger partial charge in [-0.15, -0.1) is 0 Å². The largest absolute Gasteiger partial charge is 0.480 e. The smallest absolute Gasteiger partial charge is 0.326 e. The Hall–Kier alpha value is -1.06. The van der Waals surface area contributed by atoms with E-state index in [2.05, 4.69) is 0 Å². The molecule has 1 aliphatic rings. The lowest BCUT2D eigenvalue weighted by molar-refractivity contribution is -0.147. The van der Waals surface area contributed by atoms with Gasteiger partial charge in [-0.1, -0.05) is 0 Å². The molecule has 1 N–H and O–H groups in total. The molecule has 1 amide bonds. The van der Waals surface area contributed by atoms with Crippen LogP contribution in [-0.4, -0.2) is 35.0 Å². The first-order valence-corrected chi connectivity index (χ1v) is 4.14. The number of rotatable bonds is 5. The highest BCUT2D eigenvalue weighted by Gasteiger charge is 2.39. The van der Waals surface area contributed by atoms with Crippen molar-refractivity contribution in [3.63, 3.8) is 0 Å². The normalized spacial score (nSPS) is 18.4. The lowest BCUT2D eigenvalue weighted by Gasteiger charge is -2.22. The SMILES string of the molecule is CCN(C=O)C(C(=O)O)C1CC1. The average molecular weight is 171 g/mol. The van der Waals surface area contributed by atoms with E-state index in [9.17, 15) is 9.59 Å². The monoisotopic (exact) mass is 171 g/mol. The molecule has 0 aromatic heterocycles. The van der Waals surface area contributed by atoms with Crippen LogP contribution < -0.4 is 0 Å². The first-order valence-electron chi connectivity index (χ1n) is 4.14. The lowest BCUT2D eigenvalue weighted by Crippen LogP contribution is -2.41. The van der Waals surface area contributed by atoms with Gasteiger partial charge in [0.25, 0.3) is 0 Å². The second kappa shape index (κ2) is 3.56.